The van der Waals surface area contributed by atoms with Gasteiger partial charge in [0.15, 0.2) is 0 Å². The average molecular weight is 450 g/mol. The molecule has 2 aliphatic heterocycles. The van der Waals surface area contributed by atoms with Gasteiger partial charge >= 0.3 is 0 Å². The van der Waals surface area contributed by atoms with Crippen LogP contribution in [0.15, 0.2) is 52.3 Å². The Labute approximate surface area is 186 Å². The molecule has 168 valence electrons. The fourth-order valence-electron chi connectivity index (χ4n) is 4.20. The van der Waals surface area contributed by atoms with Crippen LogP contribution in [0.5, 0.6) is 0 Å². The highest BCUT2D eigenvalue weighted by molar-refractivity contribution is 7.99. The maximum atomic E-state index is 14.0. The highest BCUT2D eigenvalue weighted by atomic mass is 32.2. The van der Waals surface area contributed by atoms with Gasteiger partial charge in [0.25, 0.3) is 5.92 Å². The van der Waals surface area contributed by atoms with Gasteiger partial charge in [-0.25, -0.2) is 8.78 Å². The normalized spacial score (nSPS) is 18.5. The summed E-state index contributed by atoms with van der Waals surface area (Å²) in [7, 11) is 0. The average Bonchev–Trinajstić information content (AvgIpc) is 2.74. The number of aliphatic hydroxyl groups excluding tert-OH is 2. The standard InChI is InChI=1S/C23H29F2N3O2S/c1-23(24,25)17-6-7-22-20(14-17)28(19-4-2-3-5-21(19)31-22)16-18(30)15-27-10-8-26(9-11-27)12-13-29/h2-7,14,18,29-30H,8-13,15-16H2,1H3. The zero-order valence-corrected chi connectivity index (χ0v) is 18.5. The molecule has 0 radical (unpaired) electrons. The number of benzene rings is 2. The summed E-state index contributed by atoms with van der Waals surface area (Å²) >= 11 is 1.57. The lowest BCUT2D eigenvalue weighted by molar-refractivity contribution is 0.0174. The van der Waals surface area contributed by atoms with Gasteiger partial charge in [-0.3, -0.25) is 9.80 Å². The smallest absolute Gasteiger partial charge is 0.270 e. The fourth-order valence-corrected chi connectivity index (χ4v) is 5.28. The lowest BCUT2D eigenvalue weighted by Crippen LogP contribution is -2.50. The van der Waals surface area contributed by atoms with E-state index in [4.69, 9.17) is 5.11 Å². The molecule has 1 unspecified atom stereocenters. The van der Waals surface area contributed by atoms with Crippen molar-refractivity contribution in [2.45, 2.75) is 28.7 Å². The van der Waals surface area contributed by atoms with E-state index in [9.17, 15) is 13.9 Å². The Morgan fingerprint density at radius 1 is 0.968 bits per heavy atom. The van der Waals surface area contributed by atoms with E-state index in [1.807, 2.05) is 29.2 Å². The largest absolute Gasteiger partial charge is 0.395 e. The van der Waals surface area contributed by atoms with Crippen molar-refractivity contribution in [3.8, 4) is 0 Å². The molecular weight excluding hydrogens is 420 g/mol. The van der Waals surface area contributed by atoms with E-state index in [0.29, 0.717) is 19.6 Å². The maximum Gasteiger partial charge on any atom is 0.270 e. The van der Waals surface area contributed by atoms with Crippen LogP contribution in [0.1, 0.15) is 12.5 Å². The second-order valence-electron chi connectivity index (χ2n) is 8.27. The summed E-state index contributed by atoms with van der Waals surface area (Å²) in [5.74, 6) is -2.92. The van der Waals surface area contributed by atoms with Crippen LogP contribution in [-0.2, 0) is 5.92 Å². The molecule has 0 bridgehead atoms. The van der Waals surface area contributed by atoms with Crippen LogP contribution in [0.4, 0.5) is 20.2 Å². The molecule has 0 spiro atoms. The van der Waals surface area contributed by atoms with Gasteiger partial charge in [-0.2, -0.15) is 0 Å². The first kappa shape index (κ1) is 22.5. The summed E-state index contributed by atoms with van der Waals surface area (Å²) in [5.41, 5.74) is 1.63. The van der Waals surface area contributed by atoms with Crippen LogP contribution in [0.2, 0.25) is 0 Å². The van der Waals surface area contributed by atoms with E-state index >= 15 is 0 Å². The summed E-state index contributed by atoms with van der Waals surface area (Å²) in [6.45, 7) is 6.03. The number of halogens is 2. The van der Waals surface area contributed by atoms with E-state index in [2.05, 4.69) is 9.80 Å². The number of hydrogen-bond acceptors (Lipinski definition) is 6. The predicted octanol–water partition coefficient (Wildman–Crippen LogP) is 3.37. The zero-order chi connectivity index (χ0) is 22.0. The monoisotopic (exact) mass is 449 g/mol. The van der Waals surface area contributed by atoms with E-state index in [0.717, 1.165) is 54.3 Å². The van der Waals surface area contributed by atoms with Gasteiger partial charge in [-0.15, -0.1) is 0 Å². The minimum atomic E-state index is -2.92. The number of rotatable bonds is 7. The van der Waals surface area contributed by atoms with Crippen molar-refractivity contribution in [3.63, 3.8) is 0 Å². The molecular formula is C23H29F2N3O2S. The molecule has 31 heavy (non-hydrogen) atoms. The first-order chi connectivity index (χ1) is 14.8. The summed E-state index contributed by atoms with van der Waals surface area (Å²) < 4.78 is 28.0. The zero-order valence-electron chi connectivity index (χ0n) is 17.7. The van der Waals surface area contributed by atoms with Gasteiger partial charge < -0.3 is 15.1 Å². The predicted molar refractivity (Wildman–Crippen MR) is 120 cm³/mol. The van der Waals surface area contributed by atoms with E-state index in [-0.39, 0.29) is 12.2 Å². The van der Waals surface area contributed by atoms with Gasteiger partial charge in [-0.05, 0) is 24.3 Å². The summed E-state index contributed by atoms with van der Waals surface area (Å²) in [5, 5.41) is 20.0. The van der Waals surface area contributed by atoms with E-state index in [1.165, 1.54) is 6.07 Å². The molecule has 2 aromatic rings. The molecule has 1 atom stereocenters. The number of anilines is 2. The van der Waals surface area contributed by atoms with Gasteiger partial charge in [0.05, 0.1) is 30.6 Å². The third-order valence-corrected chi connectivity index (χ3v) is 7.01. The van der Waals surface area contributed by atoms with Crippen molar-refractivity contribution in [2.24, 2.45) is 0 Å². The molecule has 1 saturated heterocycles. The lowest BCUT2D eigenvalue weighted by Gasteiger charge is -2.38. The van der Waals surface area contributed by atoms with Gasteiger partial charge in [0, 0.05) is 61.5 Å². The molecule has 0 aromatic heterocycles. The molecule has 2 heterocycles. The Morgan fingerprint density at radius 3 is 2.35 bits per heavy atom. The minimum absolute atomic E-state index is 0.0225. The summed E-state index contributed by atoms with van der Waals surface area (Å²) in [6, 6.07) is 12.7. The molecule has 0 saturated carbocycles. The molecule has 2 aliphatic rings. The van der Waals surface area contributed by atoms with Crippen molar-refractivity contribution >= 4 is 23.1 Å². The SMILES string of the molecule is CC(F)(F)c1ccc2c(c1)N(CC(O)CN1CCN(CCO)CC1)c1ccccc1S2. The first-order valence-corrected chi connectivity index (χ1v) is 11.5. The van der Waals surface area contributed by atoms with E-state index in [1.54, 1.807) is 23.9 Å². The van der Waals surface area contributed by atoms with Crippen molar-refractivity contribution in [2.75, 3.05) is 57.3 Å². The van der Waals surface area contributed by atoms with Crippen molar-refractivity contribution in [3.05, 3.63) is 48.0 Å². The Bertz CT molecular complexity index is 901. The van der Waals surface area contributed by atoms with Crippen molar-refractivity contribution in [1.29, 1.82) is 0 Å². The van der Waals surface area contributed by atoms with Crippen molar-refractivity contribution in [1.82, 2.24) is 9.80 Å². The number of alkyl halides is 2. The Hall–Kier alpha value is -1.71. The number of fused-ring (bicyclic) bond motifs is 2. The second-order valence-corrected chi connectivity index (χ2v) is 9.35. The number of β-amino-alcohol motifs (C(OH)–C–C–N with tert-alkyl or cyclic N) is 2. The van der Waals surface area contributed by atoms with Gasteiger partial charge in [0.2, 0.25) is 0 Å². The fraction of sp³-hybridized carbons (Fsp3) is 0.478. The van der Waals surface area contributed by atoms with E-state index < -0.39 is 12.0 Å². The first-order valence-electron chi connectivity index (χ1n) is 10.7. The third kappa shape index (κ3) is 5.21. The third-order valence-electron chi connectivity index (χ3n) is 5.88. The molecule has 8 heteroatoms. The summed E-state index contributed by atoms with van der Waals surface area (Å²) in [4.78, 5) is 8.38. The molecule has 5 nitrogen and oxygen atoms in total. The van der Waals surface area contributed by atoms with Crippen molar-refractivity contribution < 1.29 is 19.0 Å². The van der Waals surface area contributed by atoms with Crippen LogP contribution < -0.4 is 4.90 Å². The van der Waals surface area contributed by atoms with Crippen LogP contribution >= 0.6 is 11.8 Å². The molecule has 0 amide bonds. The van der Waals surface area contributed by atoms with Gasteiger partial charge in [-0.1, -0.05) is 30.0 Å². The van der Waals surface area contributed by atoms with Gasteiger partial charge in [0.1, 0.15) is 0 Å². The molecule has 1 fully saturated rings. The molecule has 0 aliphatic carbocycles. The Balaban J connectivity index is 1.52. The number of piperazine rings is 1. The number of aliphatic hydroxyl groups is 2. The van der Waals surface area contributed by atoms with Crippen LogP contribution in [-0.4, -0.2) is 78.5 Å². The topological polar surface area (TPSA) is 50.2 Å². The Morgan fingerprint density at radius 2 is 1.65 bits per heavy atom. The number of hydrogen-bond donors (Lipinski definition) is 2. The molecule has 2 aromatic carbocycles. The van der Waals surface area contributed by atoms with Crippen LogP contribution in [0.25, 0.3) is 0 Å². The molecule has 2 N–H and O–H groups in total. The summed E-state index contributed by atoms with van der Waals surface area (Å²) in [6.07, 6.45) is -0.626. The second kappa shape index (κ2) is 9.42. The molecule has 4 rings (SSSR count). The van der Waals surface area contributed by atoms with Crippen LogP contribution in [0.3, 0.4) is 0 Å². The Kier molecular flexibility index (Phi) is 6.83. The minimum Gasteiger partial charge on any atom is -0.395 e. The maximum absolute atomic E-state index is 14.0. The quantitative estimate of drug-likeness (QED) is 0.676. The number of para-hydroxylation sites is 1. The van der Waals surface area contributed by atoms with Crippen LogP contribution in [0, 0.1) is 0 Å². The number of nitrogens with zero attached hydrogens (tertiary/aromatic N) is 3. The lowest BCUT2D eigenvalue weighted by atomic mass is 10.1. The highest BCUT2D eigenvalue weighted by Crippen LogP contribution is 2.49. The highest BCUT2D eigenvalue weighted by Gasteiger charge is 2.30.